The maximum Gasteiger partial charge on any atom is 0.367 e. The summed E-state index contributed by atoms with van der Waals surface area (Å²) in [6, 6.07) is 8.91. The zero-order valence-electron chi connectivity index (χ0n) is 14.4. The Morgan fingerprint density at radius 2 is 2.04 bits per heavy atom. The quantitative estimate of drug-likeness (QED) is 0.298. The summed E-state index contributed by atoms with van der Waals surface area (Å²) in [6.45, 7) is 1.98. The number of hydrogen-bond donors (Lipinski definition) is 0. The number of nitrogens with zero attached hydrogens (tertiary/aromatic N) is 1. The van der Waals surface area contributed by atoms with E-state index < -0.39 is 5.97 Å². The third-order valence-corrected chi connectivity index (χ3v) is 5.21. The van der Waals surface area contributed by atoms with Crippen LogP contribution >= 0.6 is 45.8 Å². The lowest BCUT2D eigenvalue weighted by atomic mass is 10.1. The average Bonchev–Trinajstić information content (AvgIpc) is 2.93. The molecule has 1 heterocycles. The topological polar surface area (TPSA) is 57.1 Å². The molecule has 1 aliphatic rings. The van der Waals surface area contributed by atoms with Gasteiger partial charge in [-0.1, -0.05) is 34.4 Å². The molecular formula is C19H14Cl2INO4. The number of benzene rings is 2. The molecular weight excluding hydrogens is 504 g/mol. The van der Waals surface area contributed by atoms with E-state index in [-0.39, 0.29) is 6.61 Å². The van der Waals surface area contributed by atoms with E-state index in [4.69, 9.17) is 32.7 Å². The number of methoxy groups -OCH3 is 1. The highest BCUT2D eigenvalue weighted by Crippen LogP contribution is 2.36. The summed E-state index contributed by atoms with van der Waals surface area (Å²) < 4.78 is 12.2. The van der Waals surface area contributed by atoms with Crippen molar-refractivity contribution in [2.75, 3.05) is 7.11 Å². The van der Waals surface area contributed by atoms with E-state index in [1.807, 2.05) is 12.1 Å². The van der Waals surface area contributed by atoms with Crippen LogP contribution in [0, 0.1) is 3.57 Å². The molecule has 0 atom stereocenters. The molecule has 0 amide bonds. The Morgan fingerprint density at radius 3 is 2.67 bits per heavy atom. The predicted molar refractivity (Wildman–Crippen MR) is 114 cm³/mol. The van der Waals surface area contributed by atoms with Crippen LogP contribution in [0.3, 0.4) is 0 Å². The number of halogens is 3. The van der Waals surface area contributed by atoms with Gasteiger partial charge in [-0.15, -0.1) is 0 Å². The van der Waals surface area contributed by atoms with Gasteiger partial charge in [-0.05, 0) is 65.4 Å². The van der Waals surface area contributed by atoms with Crippen molar-refractivity contribution in [1.29, 1.82) is 0 Å². The standard InChI is InChI=1S/C19H14Cl2INO4/c1-10-14(19(24)27-23-10)5-11-6-16(22)18(17(7-11)25-2)26-9-12-3-4-13(20)8-15(12)21/h3-8H,9H2,1-2H3/b14-5+. The van der Waals surface area contributed by atoms with Crippen molar-refractivity contribution in [3.8, 4) is 11.5 Å². The van der Waals surface area contributed by atoms with Gasteiger partial charge in [0.05, 0.1) is 22.0 Å². The second-order valence-electron chi connectivity index (χ2n) is 5.67. The van der Waals surface area contributed by atoms with Gasteiger partial charge in [-0.3, -0.25) is 0 Å². The molecule has 0 spiro atoms. The zero-order chi connectivity index (χ0) is 19.6. The lowest BCUT2D eigenvalue weighted by Crippen LogP contribution is -2.03. The molecule has 140 valence electrons. The molecule has 0 unspecified atom stereocenters. The van der Waals surface area contributed by atoms with E-state index in [2.05, 4.69) is 32.6 Å². The maximum absolute atomic E-state index is 11.7. The first-order valence-electron chi connectivity index (χ1n) is 7.81. The van der Waals surface area contributed by atoms with Crippen LogP contribution in [0.2, 0.25) is 10.0 Å². The number of hydrogen-bond acceptors (Lipinski definition) is 5. The second-order valence-corrected chi connectivity index (χ2v) is 7.68. The second kappa shape index (κ2) is 8.50. The van der Waals surface area contributed by atoms with Gasteiger partial charge >= 0.3 is 5.97 Å². The summed E-state index contributed by atoms with van der Waals surface area (Å²) in [6.07, 6.45) is 1.71. The van der Waals surface area contributed by atoms with Crippen LogP contribution in [0.1, 0.15) is 18.1 Å². The summed E-state index contributed by atoms with van der Waals surface area (Å²) in [7, 11) is 1.56. The van der Waals surface area contributed by atoms with Crippen LogP contribution in [0.5, 0.6) is 11.5 Å². The van der Waals surface area contributed by atoms with Gasteiger partial charge in [0.25, 0.3) is 0 Å². The fourth-order valence-electron chi connectivity index (χ4n) is 2.44. The van der Waals surface area contributed by atoms with Crippen LogP contribution in [0.4, 0.5) is 0 Å². The van der Waals surface area contributed by atoms with Crippen LogP contribution < -0.4 is 9.47 Å². The lowest BCUT2D eigenvalue weighted by molar-refractivity contribution is -0.136. The maximum atomic E-state index is 11.7. The van der Waals surface area contributed by atoms with Gasteiger partial charge in [0, 0.05) is 15.6 Å². The largest absolute Gasteiger partial charge is 0.493 e. The van der Waals surface area contributed by atoms with Gasteiger partial charge in [-0.2, -0.15) is 0 Å². The van der Waals surface area contributed by atoms with Crippen LogP contribution in [0.15, 0.2) is 41.1 Å². The summed E-state index contributed by atoms with van der Waals surface area (Å²) in [4.78, 5) is 16.4. The number of oxime groups is 1. The molecule has 2 aromatic carbocycles. The number of carbonyl (C=O) groups is 1. The molecule has 27 heavy (non-hydrogen) atoms. The van der Waals surface area contributed by atoms with E-state index in [9.17, 15) is 4.79 Å². The van der Waals surface area contributed by atoms with Crippen molar-refractivity contribution < 1.29 is 19.1 Å². The van der Waals surface area contributed by atoms with Crippen molar-refractivity contribution in [2.24, 2.45) is 5.16 Å². The molecule has 0 saturated carbocycles. The van der Waals surface area contributed by atoms with Crippen molar-refractivity contribution in [3.05, 3.63) is 60.6 Å². The monoisotopic (exact) mass is 517 g/mol. The highest BCUT2D eigenvalue weighted by atomic mass is 127. The van der Waals surface area contributed by atoms with Gasteiger partial charge in [0.1, 0.15) is 6.61 Å². The Balaban J connectivity index is 1.87. The Bertz CT molecular complexity index is 972. The highest BCUT2D eigenvalue weighted by molar-refractivity contribution is 14.1. The Hall–Kier alpha value is -1.77. The summed E-state index contributed by atoms with van der Waals surface area (Å²) in [5, 5.41) is 4.78. The SMILES string of the molecule is COc1cc(/C=C2/C(=O)ON=C2C)cc(I)c1OCc1ccc(Cl)cc1Cl. The molecule has 1 aliphatic heterocycles. The third kappa shape index (κ3) is 4.56. The Kier molecular flexibility index (Phi) is 6.29. The normalized spacial score (nSPS) is 14.9. The minimum atomic E-state index is -0.473. The summed E-state index contributed by atoms with van der Waals surface area (Å²) >= 11 is 14.3. The van der Waals surface area contributed by atoms with Gasteiger partial charge < -0.3 is 14.3 Å². The minimum absolute atomic E-state index is 0.265. The van der Waals surface area contributed by atoms with E-state index in [0.717, 1.165) is 14.7 Å². The van der Waals surface area contributed by atoms with Crippen molar-refractivity contribution >= 4 is 63.5 Å². The van der Waals surface area contributed by atoms with E-state index in [1.165, 1.54) is 0 Å². The minimum Gasteiger partial charge on any atom is -0.493 e. The lowest BCUT2D eigenvalue weighted by Gasteiger charge is -2.14. The predicted octanol–water partition coefficient (Wildman–Crippen LogP) is 5.50. The Morgan fingerprint density at radius 1 is 1.26 bits per heavy atom. The molecule has 0 saturated heterocycles. The third-order valence-electron chi connectivity index (χ3n) is 3.83. The van der Waals surface area contributed by atoms with Crippen LogP contribution in [-0.2, 0) is 16.2 Å². The number of ether oxygens (including phenoxy) is 2. The van der Waals surface area contributed by atoms with Crippen molar-refractivity contribution in [3.63, 3.8) is 0 Å². The fourth-order valence-corrected chi connectivity index (χ4v) is 3.68. The fraction of sp³-hybridized carbons (Fsp3) is 0.158. The molecule has 0 radical (unpaired) electrons. The number of rotatable bonds is 5. The molecule has 3 rings (SSSR count). The molecule has 2 aromatic rings. The van der Waals surface area contributed by atoms with Gasteiger partial charge in [0.15, 0.2) is 11.5 Å². The Labute approximate surface area is 180 Å². The number of carbonyl (C=O) groups excluding carboxylic acids is 1. The van der Waals surface area contributed by atoms with E-state index >= 15 is 0 Å². The molecule has 5 nitrogen and oxygen atoms in total. The molecule has 0 bridgehead atoms. The average molecular weight is 518 g/mol. The van der Waals surface area contributed by atoms with Gasteiger partial charge in [0.2, 0.25) is 0 Å². The summed E-state index contributed by atoms with van der Waals surface area (Å²) in [5.74, 6) is 0.657. The molecule has 0 aromatic heterocycles. The smallest absolute Gasteiger partial charge is 0.367 e. The molecule has 0 N–H and O–H groups in total. The first-order valence-corrected chi connectivity index (χ1v) is 9.64. The van der Waals surface area contributed by atoms with Crippen molar-refractivity contribution in [1.82, 2.24) is 0 Å². The van der Waals surface area contributed by atoms with Crippen LogP contribution in [0.25, 0.3) is 6.08 Å². The first kappa shape index (κ1) is 20.0. The molecule has 0 fully saturated rings. The molecule has 8 heteroatoms. The van der Waals surface area contributed by atoms with Crippen LogP contribution in [-0.4, -0.2) is 18.8 Å². The highest BCUT2D eigenvalue weighted by Gasteiger charge is 2.22. The van der Waals surface area contributed by atoms with E-state index in [0.29, 0.717) is 32.8 Å². The van der Waals surface area contributed by atoms with E-state index in [1.54, 1.807) is 38.3 Å². The van der Waals surface area contributed by atoms with Gasteiger partial charge in [-0.25, -0.2) is 4.79 Å². The summed E-state index contributed by atoms with van der Waals surface area (Å²) in [5.41, 5.74) is 2.53. The zero-order valence-corrected chi connectivity index (χ0v) is 18.1. The first-order chi connectivity index (χ1) is 12.9. The van der Waals surface area contributed by atoms with Crippen molar-refractivity contribution in [2.45, 2.75) is 13.5 Å². The molecule has 0 aliphatic carbocycles.